The molecule has 0 fully saturated rings. The highest BCUT2D eigenvalue weighted by Crippen LogP contribution is 2.28. The van der Waals surface area contributed by atoms with Gasteiger partial charge in [0.1, 0.15) is 5.52 Å². The van der Waals surface area contributed by atoms with E-state index in [4.69, 9.17) is 16.0 Å². The highest BCUT2D eigenvalue weighted by Gasteiger charge is 2.09. The number of nitrogens with one attached hydrogen (secondary N) is 1. The van der Waals surface area contributed by atoms with Gasteiger partial charge in [0.15, 0.2) is 5.58 Å². The predicted molar refractivity (Wildman–Crippen MR) is 81.2 cm³/mol. The lowest BCUT2D eigenvalue weighted by atomic mass is 10.2. The topological polar surface area (TPSA) is 38.1 Å². The smallest absolute Gasteiger partial charge is 0.300 e. The molecule has 0 saturated heterocycles. The molecule has 5 heteroatoms. The molecule has 1 aromatic heterocycles. The van der Waals surface area contributed by atoms with E-state index in [1.807, 2.05) is 37.3 Å². The van der Waals surface area contributed by atoms with Crippen molar-refractivity contribution in [1.29, 1.82) is 0 Å². The van der Waals surface area contributed by atoms with E-state index in [-0.39, 0.29) is 0 Å². The van der Waals surface area contributed by atoms with Crippen molar-refractivity contribution in [2.24, 2.45) is 0 Å². The van der Waals surface area contributed by atoms with Crippen LogP contribution >= 0.6 is 27.5 Å². The Balaban J connectivity index is 1.96. The molecule has 3 nitrogen and oxygen atoms in total. The minimum Gasteiger partial charge on any atom is -0.422 e. The fraction of sp³-hybridized carbons (Fsp3) is 0.0714. The van der Waals surface area contributed by atoms with E-state index < -0.39 is 0 Å². The standard InChI is InChI=1S/C14H10BrClN2O/c1-8-7-9(5-6-10(8)15)17-14-18-12-4-2-3-11(16)13(12)19-14/h2-7H,1H3,(H,17,18). The average Bonchev–Trinajstić information content (AvgIpc) is 2.78. The number of aryl methyl sites for hydroxylation is 1. The summed E-state index contributed by atoms with van der Waals surface area (Å²) in [5.74, 6) is 0. The van der Waals surface area contributed by atoms with Crippen LogP contribution in [0.1, 0.15) is 5.56 Å². The van der Waals surface area contributed by atoms with Crippen LogP contribution in [0.5, 0.6) is 0 Å². The minimum absolute atomic E-state index is 0.435. The summed E-state index contributed by atoms with van der Waals surface area (Å²) in [6.07, 6.45) is 0. The van der Waals surface area contributed by atoms with Gasteiger partial charge in [-0.25, -0.2) is 0 Å². The molecular formula is C14H10BrClN2O. The third kappa shape index (κ3) is 2.46. The summed E-state index contributed by atoms with van der Waals surface area (Å²) < 4.78 is 6.68. The first kappa shape index (κ1) is 12.5. The van der Waals surface area contributed by atoms with E-state index in [2.05, 4.69) is 26.2 Å². The van der Waals surface area contributed by atoms with E-state index in [1.54, 1.807) is 6.07 Å². The van der Waals surface area contributed by atoms with Crippen molar-refractivity contribution >= 4 is 50.3 Å². The Hall–Kier alpha value is -1.52. The lowest BCUT2D eigenvalue weighted by molar-refractivity contribution is 0.623. The van der Waals surface area contributed by atoms with Gasteiger partial charge in [0.2, 0.25) is 0 Å². The fourth-order valence-corrected chi connectivity index (χ4v) is 2.27. The number of anilines is 2. The van der Waals surface area contributed by atoms with E-state index in [9.17, 15) is 0 Å². The molecule has 0 aliphatic rings. The summed E-state index contributed by atoms with van der Waals surface area (Å²) in [5, 5.41) is 3.69. The van der Waals surface area contributed by atoms with Gasteiger partial charge in [0.25, 0.3) is 6.01 Å². The molecule has 0 aliphatic carbocycles. The van der Waals surface area contributed by atoms with E-state index in [0.29, 0.717) is 16.6 Å². The van der Waals surface area contributed by atoms with Gasteiger partial charge in [-0.05, 0) is 42.8 Å². The SMILES string of the molecule is Cc1cc(Nc2nc3cccc(Cl)c3o2)ccc1Br. The average molecular weight is 338 g/mol. The maximum absolute atomic E-state index is 6.05. The van der Waals surface area contributed by atoms with Crippen LogP contribution in [-0.4, -0.2) is 4.98 Å². The number of fused-ring (bicyclic) bond motifs is 1. The van der Waals surface area contributed by atoms with Crippen LogP contribution in [0, 0.1) is 6.92 Å². The van der Waals surface area contributed by atoms with Gasteiger partial charge in [-0.15, -0.1) is 0 Å². The Morgan fingerprint density at radius 1 is 1.26 bits per heavy atom. The first-order valence-corrected chi connectivity index (χ1v) is 6.89. The number of para-hydroxylation sites is 1. The number of aromatic nitrogens is 1. The van der Waals surface area contributed by atoms with Crippen LogP contribution in [0.2, 0.25) is 5.02 Å². The normalized spacial score (nSPS) is 10.9. The lowest BCUT2D eigenvalue weighted by Crippen LogP contribution is -1.90. The molecule has 1 heterocycles. The molecule has 0 unspecified atom stereocenters. The highest BCUT2D eigenvalue weighted by molar-refractivity contribution is 9.10. The number of rotatable bonds is 2. The molecule has 0 radical (unpaired) electrons. The summed E-state index contributed by atoms with van der Waals surface area (Å²) >= 11 is 9.52. The van der Waals surface area contributed by atoms with Crippen LogP contribution < -0.4 is 5.32 Å². The summed E-state index contributed by atoms with van der Waals surface area (Å²) in [5.41, 5.74) is 3.40. The molecule has 3 rings (SSSR count). The molecule has 2 aromatic carbocycles. The van der Waals surface area contributed by atoms with Crippen LogP contribution in [-0.2, 0) is 0 Å². The van der Waals surface area contributed by atoms with E-state index in [1.165, 1.54) is 0 Å². The Kier molecular flexibility index (Phi) is 3.21. The number of hydrogen-bond acceptors (Lipinski definition) is 3. The number of halogens is 2. The second-order valence-electron chi connectivity index (χ2n) is 4.20. The van der Waals surface area contributed by atoms with Gasteiger partial charge in [0.05, 0.1) is 5.02 Å². The summed E-state index contributed by atoms with van der Waals surface area (Å²) in [6, 6.07) is 11.9. The zero-order chi connectivity index (χ0) is 13.4. The van der Waals surface area contributed by atoms with Crippen molar-refractivity contribution in [1.82, 2.24) is 4.98 Å². The first-order valence-electron chi connectivity index (χ1n) is 5.72. The molecule has 0 spiro atoms. The fourth-order valence-electron chi connectivity index (χ4n) is 1.81. The van der Waals surface area contributed by atoms with Gasteiger partial charge < -0.3 is 9.73 Å². The van der Waals surface area contributed by atoms with Gasteiger partial charge in [-0.3, -0.25) is 0 Å². The van der Waals surface area contributed by atoms with Gasteiger partial charge >= 0.3 is 0 Å². The summed E-state index contributed by atoms with van der Waals surface area (Å²) in [4.78, 5) is 4.35. The predicted octanol–water partition coefficient (Wildman–Crippen LogP) is 5.30. The minimum atomic E-state index is 0.435. The van der Waals surface area contributed by atoms with Crippen molar-refractivity contribution in [3.63, 3.8) is 0 Å². The van der Waals surface area contributed by atoms with Crippen molar-refractivity contribution in [3.05, 3.63) is 51.5 Å². The number of nitrogens with zero attached hydrogens (tertiary/aromatic N) is 1. The van der Waals surface area contributed by atoms with Crippen molar-refractivity contribution in [3.8, 4) is 0 Å². The van der Waals surface area contributed by atoms with E-state index in [0.717, 1.165) is 21.2 Å². The third-order valence-corrected chi connectivity index (χ3v) is 3.96. The monoisotopic (exact) mass is 336 g/mol. The Morgan fingerprint density at radius 3 is 2.84 bits per heavy atom. The molecule has 0 aliphatic heterocycles. The quantitative estimate of drug-likeness (QED) is 0.690. The number of benzene rings is 2. The van der Waals surface area contributed by atoms with E-state index >= 15 is 0 Å². The second kappa shape index (κ2) is 4.87. The molecule has 0 atom stereocenters. The molecular weight excluding hydrogens is 328 g/mol. The molecule has 3 aromatic rings. The Bertz CT molecular complexity index is 754. The summed E-state index contributed by atoms with van der Waals surface area (Å²) in [6.45, 7) is 2.03. The summed E-state index contributed by atoms with van der Waals surface area (Å²) in [7, 11) is 0. The Morgan fingerprint density at radius 2 is 2.11 bits per heavy atom. The van der Waals surface area contributed by atoms with Crippen LogP contribution in [0.15, 0.2) is 45.3 Å². The molecule has 0 saturated carbocycles. The van der Waals surface area contributed by atoms with Crippen molar-refractivity contribution < 1.29 is 4.42 Å². The molecule has 1 N–H and O–H groups in total. The first-order chi connectivity index (χ1) is 9.13. The highest BCUT2D eigenvalue weighted by atomic mass is 79.9. The zero-order valence-corrected chi connectivity index (χ0v) is 12.4. The van der Waals surface area contributed by atoms with Crippen LogP contribution in [0.25, 0.3) is 11.1 Å². The second-order valence-corrected chi connectivity index (χ2v) is 5.46. The van der Waals surface area contributed by atoms with Crippen molar-refractivity contribution in [2.45, 2.75) is 6.92 Å². The van der Waals surface area contributed by atoms with Gasteiger partial charge in [-0.1, -0.05) is 33.6 Å². The zero-order valence-electron chi connectivity index (χ0n) is 10.1. The molecule has 0 bridgehead atoms. The number of oxazole rings is 1. The maximum atomic E-state index is 6.05. The molecule has 19 heavy (non-hydrogen) atoms. The van der Waals surface area contributed by atoms with Gasteiger partial charge in [-0.2, -0.15) is 4.98 Å². The third-order valence-electron chi connectivity index (χ3n) is 2.78. The van der Waals surface area contributed by atoms with Crippen LogP contribution in [0.4, 0.5) is 11.7 Å². The van der Waals surface area contributed by atoms with Crippen LogP contribution in [0.3, 0.4) is 0 Å². The van der Waals surface area contributed by atoms with Gasteiger partial charge in [0, 0.05) is 10.2 Å². The lowest BCUT2D eigenvalue weighted by Gasteiger charge is -2.04. The Labute approximate surface area is 123 Å². The maximum Gasteiger partial charge on any atom is 0.300 e. The molecule has 0 amide bonds. The number of hydrogen-bond donors (Lipinski definition) is 1. The largest absolute Gasteiger partial charge is 0.422 e. The molecule has 96 valence electrons. The van der Waals surface area contributed by atoms with Crippen molar-refractivity contribution in [2.75, 3.05) is 5.32 Å².